The molecule has 1 saturated heterocycles. The molecule has 1 aromatic carbocycles. The van der Waals surface area contributed by atoms with E-state index in [1.165, 1.54) is 5.56 Å². The average molecular weight is 278 g/mol. The number of hydrogen-bond donors (Lipinski definition) is 1. The van der Waals surface area contributed by atoms with E-state index in [0.717, 1.165) is 25.4 Å². The van der Waals surface area contributed by atoms with Crippen molar-refractivity contribution in [2.75, 3.05) is 33.8 Å². The molecule has 1 N–H and O–H groups in total. The van der Waals surface area contributed by atoms with E-state index in [4.69, 9.17) is 9.47 Å². The Kier molecular flexibility index (Phi) is 5.40. The molecule has 0 aromatic heterocycles. The Morgan fingerprint density at radius 1 is 1.25 bits per heavy atom. The van der Waals surface area contributed by atoms with Crippen LogP contribution in [-0.4, -0.2) is 50.9 Å². The van der Waals surface area contributed by atoms with Crippen LogP contribution in [0.25, 0.3) is 0 Å². The van der Waals surface area contributed by atoms with E-state index >= 15 is 0 Å². The van der Waals surface area contributed by atoms with Gasteiger partial charge < -0.3 is 14.8 Å². The lowest BCUT2D eigenvalue weighted by atomic mass is 10.1. The van der Waals surface area contributed by atoms with Gasteiger partial charge in [0.05, 0.1) is 19.3 Å². The molecule has 3 atom stereocenters. The number of benzene rings is 1. The van der Waals surface area contributed by atoms with Gasteiger partial charge in [-0.3, -0.25) is 4.90 Å². The zero-order valence-corrected chi connectivity index (χ0v) is 12.9. The minimum atomic E-state index is 0.312. The number of ether oxygens (including phenoxy) is 2. The topological polar surface area (TPSA) is 33.7 Å². The third kappa shape index (κ3) is 3.95. The highest BCUT2D eigenvalue weighted by atomic mass is 16.5. The van der Waals surface area contributed by atoms with Crippen LogP contribution < -0.4 is 10.1 Å². The van der Waals surface area contributed by atoms with E-state index < -0.39 is 0 Å². The van der Waals surface area contributed by atoms with Crippen LogP contribution in [0.4, 0.5) is 0 Å². The molecule has 1 aliphatic heterocycles. The maximum atomic E-state index is 5.79. The van der Waals surface area contributed by atoms with Crippen LogP contribution >= 0.6 is 0 Å². The molecule has 1 heterocycles. The van der Waals surface area contributed by atoms with Gasteiger partial charge in [0.1, 0.15) is 5.75 Å². The van der Waals surface area contributed by atoms with Crippen molar-refractivity contribution in [1.82, 2.24) is 10.2 Å². The molecular formula is C16H26N2O2. The fourth-order valence-electron chi connectivity index (χ4n) is 2.89. The number of hydrogen-bond acceptors (Lipinski definition) is 4. The second-order valence-electron chi connectivity index (χ2n) is 5.59. The van der Waals surface area contributed by atoms with Gasteiger partial charge in [-0.2, -0.15) is 0 Å². The standard InChI is InChI=1S/C16H26N2O2/c1-12-9-18(10-13(2)20-12)11-16(17-3)14-5-7-15(19-4)8-6-14/h5-8,12-13,16-17H,9-11H2,1-4H3. The molecule has 1 aromatic rings. The van der Waals surface area contributed by atoms with Crippen molar-refractivity contribution >= 4 is 0 Å². The van der Waals surface area contributed by atoms with Gasteiger partial charge in [0.15, 0.2) is 0 Å². The fourth-order valence-corrected chi connectivity index (χ4v) is 2.89. The van der Waals surface area contributed by atoms with Crippen molar-refractivity contribution in [2.24, 2.45) is 0 Å². The minimum Gasteiger partial charge on any atom is -0.497 e. The predicted octanol–water partition coefficient (Wildman–Crippen LogP) is 2.06. The summed E-state index contributed by atoms with van der Waals surface area (Å²) in [6, 6.07) is 8.63. The third-order valence-corrected chi connectivity index (χ3v) is 3.80. The highest BCUT2D eigenvalue weighted by molar-refractivity contribution is 5.29. The highest BCUT2D eigenvalue weighted by Gasteiger charge is 2.24. The molecular weight excluding hydrogens is 252 g/mol. The van der Waals surface area contributed by atoms with Gasteiger partial charge in [0.2, 0.25) is 0 Å². The van der Waals surface area contributed by atoms with Gasteiger partial charge >= 0.3 is 0 Å². The molecule has 112 valence electrons. The molecule has 1 fully saturated rings. The summed E-state index contributed by atoms with van der Waals surface area (Å²) in [4.78, 5) is 2.48. The lowest BCUT2D eigenvalue weighted by molar-refractivity contribution is -0.0698. The summed E-state index contributed by atoms with van der Waals surface area (Å²) in [7, 11) is 3.71. The molecule has 0 amide bonds. The minimum absolute atomic E-state index is 0.312. The number of nitrogens with zero attached hydrogens (tertiary/aromatic N) is 1. The quantitative estimate of drug-likeness (QED) is 0.894. The zero-order valence-electron chi connectivity index (χ0n) is 12.9. The van der Waals surface area contributed by atoms with E-state index in [0.29, 0.717) is 18.2 Å². The molecule has 4 nitrogen and oxygen atoms in total. The first-order valence-corrected chi connectivity index (χ1v) is 7.31. The first-order chi connectivity index (χ1) is 9.62. The summed E-state index contributed by atoms with van der Waals surface area (Å²) in [6.07, 6.45) is 0.624. The Bertz CT molecular complexity index is 397. The summed E-state index contributed by atoms with van der Waals surface area (Å²) < 4.78 is 11.0. The van der Waals surface area contributed by atoms with Gasteiger partial charge in [0.25, 0.3) is 0 Å². The molecule has 1 aliphatic rings. The van der Waals surface area contributed by atoms with Gasteiger partial charge in [-0.25, -0.2) is 0 Å². The largest absolute Gasteiger partial charge is 0.497 e. The van der Waals surface area contributed by atoms with E-state index in [9.17, 15) is 0 Å². The molecule has 0 bridgehead atoms. The number of nitrogens with one attached hydrogen (secondary N) is 1. The fraction of sp³-hybridized carbons (Fsp3) is 0.625. The summed E-state index contributed by atoms with van der Waals surface area (Å²) in [5.74, 6) is 0.900. The van der Waals surface area contributed by atoms with Crippen molar-refractivity contribution in [3.63, 3.8) is 0 Å². The van der Waals surface area contributed by atoms with E-state index in [1.54, 1.807) is 7.11 Å². The van der Waals surface area contributed by atoms with E-state index in [2.05, 4.69) is 36.2 Å². The third-order valence-electron chi connectivity index (χ3n) is 3.80. The molecule has 0 aliphatic carbocycles. The summed E-state index contributed by atoms with van der Waals surface area (Å²) >= 11 is 0. The van der Waals surface area contributed by atoms with Crippen molar-refractivity contribution in [3.8, 4) is 5.75 Å². The monoisotopic (exact) mass is 278 g/mol. The van der Waals surface area contributed by atoms with Gasteiger partial charge in [0, 0.05) is 25.7 Å². The van der Waals surface area contributed by atoms with E-state index in [1.807, 2.05) is 19.2 Å². The number of methoxy groups -OCH3 is 1. The van der Waals surface area contributed by atoms with Gasteiger partial charge in [-0.05, 0) is 38.6 Å². The van der Waals surface area contributed by atoms with Crippen LogP contribution in [0, 0.1) is 0 Å². The van der Waals surface area contributed by atoms with Gasteiger partial charge in [-0.15, -0.1) is 0 Å². The van der Waals surface area contributed by atoms with Crippen LogP contribution in [0.1, 0.15) is 25.5 Å². The van der Waals surface area contributed by atoms with Crippen LogP contribution in [-0.2, 0) is 4.74 Å². The summed E-state index contributed by atoms with van der Waals surface area (Å²) in [5, 5.41) is 3.41. The Hall–Kier alpha value is -1.10. The Morgan fingerprint density at radius 2 is 1.85 bits per heavy atom. The second-order valence-corrected chi connectivity index (χ2v) is 5.59. The SMILES string of the molecule is CNC(CN1CC(C)OC(C)C1)c1ccc(OC)cc1. The lowest BCUT2D eigenvalue weighted by Gasteiger charge is -2.37. The van der Waals surface area contributed by atoms with Crippen LogP contribution in [0.5, 0.6) is 5.75 Å². The first-order valence-electron chi connectivity index (χ1n) is 7.31. The lowest BCUT2D eigenvalue weighted by Crippen LogP contribution is -2.48. The Labute approximate surface area is 122 Å². The van der Waals surface area contributed by atoms with Crippen LogP contribution in [0.3, 0.4) is 0 Å². The average Bonchev–Trinajstić information content (AvgIpc) is 2.44. The molecule has 3 unspecified atom stereocenters. The van der Waals surface area contributed by atoms with Crippen LogP contribution in [0.2, 0.25) is 0 Å². The highest BCUT2D eigenvalue weighted by Crippen LogP contribution is 2.20. The zero-order chi connectivity index (χ0) is 14.5. The van der Waals surface area contributed by atoms with Gasteiger partial charge in [-0.1, -0.05) is 12.1 Å². The Balaban J connectivity index is 2.00. The normalized spacial score (nSPS) is 25.4. The van der Waals surface area contributed by atoms with Crippen molar-refractivity contribution in [1.29, 1.82) is 0 Å². The molecule has 0 spiro atoms. The maximum absolute atomic E-state index is 5.79. The number of morpholine rings is 1. The van der Waals surface area contributed by atoms with Crippen LogP contribution in [0.15, 0.2) is 24.3 Å². The Morgan fingerprint density at radius 3 is 2.35 bits per heavy atom. The first kappa shape index (κ1) is 15.3. The van der Waals surface area contributed by atoms with Crippen molar-refractivity contribution < 1.29 is 9.47 Å². The van der Waals surface area contributed by atoms with Crippen molar-refractivity contribution in [3.05, 3.63) is 29.8 Å². The van der Waals surface area contributed by atoms with Crippen molar-refractivity contribution in [2.45, 2.75) is 32.1 Å². The maximum Gasteiger partial charge on any atom is 0.118 e. The molecule has 20 heavy (non-hydrogen) atoms. The molecule has 0 radical (unpaired) electrons. The van der Waals surface area contributed by atoms with E-state index in [-0.39, 0.29) is 0 Å². The molecule has 2 rings (SSSR count). The molecule has 0 saturated carbocycles. The number of rotatable bonds is 5. The predicted molar refractivity (Wildman–Crippen MR) is 81.2 cm³/mol. The number of likely N-dealkylation sites (N-methyl/N-ethyl adjacent to an activating group) is 1. The summed E-state index contributed by atoms with van der Waals surface area (Å²) in [5.41, 5.74) is 1.29. The smallest absolute Gasteiger partial charge is 0.118 e. The molecule has 4 heteroatoms. The second kappa shape index (κ2) is 7.07. The summed E-state index contributed by atoms with van der Waals surface area (Å²) in [6.45, 7) is 7.28.